The molecule has 2 rings (SSSR count). The number of hydrogen-bond donors (Lipinski definition) is 3. The van der Waals surface area contributed by atoms with E-state index in [9.17, 15) is 14.4 Å². The number of benzene rings is 1. The van der Waals surface area contributed by atoms with E-state index >= 15 is 0 Å². The maximum absolute atomic E-state index is 11.1. The minimum atomic E-state index is -1.20. The Morgan fingerprint density at radius 1 is 0.955 bits per heavy atom. The smallest absolute Gasteiger partial charge is 0.337 e. The van der Waals surface area contributed by atoms with Gasteiger partial charge >= 0.3 is 17.9 Å². The van der Waals surface area contributed by atoms with Crippen molar-refractivity contribution in [1.29, 1.82) is 0 Å². The molecule has 0 aromatic heterocycles. The monoisotopic (exact) mass is 303 g/mol. The average Bonchev–Trinajstić information content (AvgIpc) is 2.47. The molecule has 114 valence electrons. The summed E-state index contributed by atoms with van der Waals surface area (Å²) in [5, 5.41) is 26.9. The number of carboxylic acid groups (broad SMARTS) is 3. The number of aromatic carboxylic acids is 1. The molecule has 0 aliphatic carbocycles. The van der Waals surface area contributed by atoms with Crippen LogP contribution in [0.5, 0.6) is 0 Å². The SMILES string of the molecule is O=C(O)C1=CN(Cc2ccc(C(=O)O)cc2)CC(C(=O)O)=C1. The van der Waals surface area contributed by atoms with E-state index < -0.39 is 17.9 Å². The van der Waals surface area contributed by atoms with Crippen LogP contribution in [-0.2, 0) is 16.1 Å². The van der Waals surface area contributed by atoms with Crippen molar-refractivity contribution < 1.29 is 29.7 Å². The van der Waals surface area contributed by atoms with Crippen molar-refractivity contribution in [3.63, 3.8) is 0 Å². The van der Waals surface area contributed by atoms with Gasteiger partial charge < -0.3 is 20.2 Å². The van der Waals surface area contributed by atoms with Crippen molar-refractivity contribution in [2.45, 2.75) is 6.54 Å². The molecule has 0 atom stereocenters. The normalized spacial score (nSPS) is 14.1. The van der Waals surface area contributed by atoms with E-state index in [-0.39, 0.29) is 29.8 Å². The third kappa shape index (κ3) is 3.51. The highest BCUT2D eigenvalue weighted by Gasteiger charge is 2.20. The van der Waals surface area contributed by atoms with E-state index in [2.05, 4.69) is 0 Å². The summed E-state index contributed by atoms with van der Waals surface area (Å²) < 4.78 is 0. The Labute approximate surface area is 125 Å². The molecule has 7 heteroatoms. The molecular formula is C15H13NO6. The van der Waals surface area contributed by atoms with Crippen LogP contribution in [0, 0.1) is 0 Å². The van der Waals surface area contributed by atoms with Gasteiger partial charge in [-0.2, -0.15) is 0 Å². The number of nitrogens with zero attached hydrogens (tertiary/aromatic N) is 1. The number of hydrogen-bond acceptors (Lipinski definition) is 4. The summed E-state index contributed by atoms with van der Waals surface area (Å²) in [5.41, 5.74) is 0.778. The van der Waals surface area contributed by atoms with Gasteiger partial charge in [0.15, 0.2) is 0 Å². The Balaban J connectivity index is 2.18. The molecule has 0 saturated carbocycles. The fraction of sp³-hybridized carbons (Fsp3) is 0.133. The zero-order valence-electron chi connectivity index (χ0n) is 11.4. The van der Waals surface area contributed by atoms with E-state index in [0.717, 1.165) is 11.6 Å². The Morgan fingerprint density at radius 3 is 2.09 bits per heavy atom. The van der Waals surface area contributed by atoms with Gasteiger partial charge in [0.05, 0.1) is 16.7 Å². The minimum Gasteiger partial charge on any atom is -0.478 e. The number of rotatable bonds is 5. The van der Waals surface area contributed by atoms with E-state index in [0.29, 0.717) is 0 Å². The fourth-order valence-electron chi connectivity index (χ4n) is 2.07. The lowest BCUT2D eigenvalue weighted by Gasteiger charge is -2.24. The summed E-state index contributed by atoms with van der Waals surface area (Å²) in [6.45, 7) is 0.355. The highest BCUT2D eigenvalue weighted by Crippen LogP contribution is 2.17. The molecule has 1 aliphatic rings. The highest BCUT2D eigenvalue weighted by molar-refractivity contribution is 5.95. The molecule has 0 amide bonds. The van der Waals surface area contributed by atoms with Crippen LogP contribution >= 0.6 is 0 Å². The zero-order valence-corrected chi connectivity index (χ0v) is 11.4. The van der Waals surface area contributed by atoms with Crippen LogP contribution in [0.4, 0.5) is 0 Å². The van der Waals surface area contributed by atoms with Gasteiger partial charge in [-0.05, 0) is 23.8 Å². The van der Waals surface area contributed by atoms with E-state index in [1.54, 1.807) is 17.0 Å². The van der Waals surface area contributed by atoms with Crippen molar-refractivity contribution in [2.24, 2.45) is 0 Å². The number of carboxylic acids is 3. The Bertz CT molecular complexity index is 686. The Morgan fingerprint density at radius 2 is 1.59 bits per heavy atom. The van der Waals surface area contributed by atoms with Crippen molar-refractivity contribution >= 4 is 17.9 Å². The second-order valence-electron chi connectivity index (χ2n) is 4.77. The quantitative estimate of drug-likeness (QED) is 0.748. The van der Waals surface area contributed by atoms with E-state index in [4.69, 9.17) is 15.3 Å². The highest BCUT2D eigenvalue weighted by atomic mass is 16.4. The predicted octanol–water partition coefficient (Wildman–Crippen LogP) is 1.18. The second kappa shape index (κ2) is 6.13. The van der Waals surface area contributed by atoms with Crippen LogP contribution in [0.25, 0.3) is 0 Å². The minimum absolute atomic E-state index is 0.0120. The number of aliphatic carboxylic acids is 2. The lowest BCUT2D eigenvalue weighted by atomic mass is 10.1. The molecule has 0 saturated heterocycles. The van der Waals surface area contributed by atoms with Gasteiger partial charge in [0.25, 0.3) is 0 Å². The molecule has 7 nitrogen and oxygen atoms in total. The first-order valence-electron chi connectivity index (χ1n) is 6.32. The number of carbonyl (C=O) groups is 3. The topological polar surface area (TPSA) is 115 Å². The molecule has 0 radical (unpaired) electrons. The van der Waals surface area contributed by atoms with Gasteiger partial charge in [-0.15, -0.1) is 0 Å². The first-order valence-corrected chi connectivity index (χ1v) is 6.32. The standard InChI is InChI=1S/C15H13NO6/c17-13(18)10-3-1-9(2-4-10)6-16-7-11(14(19)20)5-12(8-16)15(21)22/h1-5,7H,6,8H2,(H,17,18)(H,19,20)(H,21,22). The second-order valence-corrected chi connectivity index (χ2v) is 4.77. The Hall–Kier alpha value is -3.09. The fourth-order valence-corrected chi connectivity index (χ4v) is 2.07. The maximum atomic E-state index is 11.1. The van der Waals surface area contributed by atoms with Crippen LogP contribution in [0.3, 0.4) is 0 Å². The summed E-state index contributed by atoms with van der Waals surface area (Å²) >= 11 is 0. The summed E-state index contributed by atoms with van der Waals surface area (Å²) in [4.78, 5) is 34.4. The van der Waals surface area contributed by atoms with Crippen molar-refractivity contribution in [3.05, 3.63) is 58.8 Å². The van der Waals surface area contributed by atoms with Gasteiger partial charge in [-0.25, -0.2) is 14.4 Å². The zero-order chi connectivity index (χ0) is 16.3. The summed E-state index contributed by atoms with van der Waals surface area (Å²) in [7, 11) is 0. The van der Waals surface area contributed by atoms with Gasteiger partial charge in [0.1, 0.15) is 0 Å². The first kappa shape index (κ1) is 15.3. The first-order chi connectivity index (χ1) is 10.4. The average molecular weight is 303 g/mol. The summed E-state index contributed by atoms with van der Waals surface area (Å²) in [6, 6.07) is 6.10. The van der Waals surface area contributed by atoms with Gasteiger partial charge in [0.2, 0.25) is 0 Å². The molecule has 1 heterocycles. The van der Waals surface area contributed by atoms with Crippen molar-refractivity contribution in [2.75, 3.05) is 6.54 Å². The largest absolute Gasteiger partial charge is 0.478 e. The van der Waals surface area contributed by atoms with Gasteiger partial charge in [0, 0.05) is 19.3 Å². The lowest BCUT2D eigenvalue weighted by molar-refractivity contribution is -0.132. The van der Waals surface area contributed by atoms with Crippen LogP contribution in [0.2, 0.25) is 0 Å². The third-order valence-electron chi connectivity index (χ3n) is 3.13. The van der Waals surface area contributed by atoms with Crippen LogP contribution in [0.1, 0.15) is 15.9 Å². The van der Waals surface area contributed by atoms with Crippen LogP contribution < -0.4 is 0 Å². The van der Waals surface area contributed by atoms with E-state index in [1.165, 1.54) is 18.3 Å². The van der Waals surface area contributed by atoms with Crippen LogP contribution in [-0.4, -0.2) is 44.7 Å². The maximum Gasteiger partial charge on any atom is 0.337 e. The molecule has 1 aliphatic heterocycles. The summed E-state index contributed by atoms with van der Waals surface area (Å²) in [6.07, 6.45) is 2.51. The molecule has 3 N–H and O–H groups in total. The Kier molecular flexibility index (Phi) is 4.26. The molecule has 0 spiro atoms. The van der Waals surface area contributed by atoms with E-state index in [1.807, 2.05) is 0 Å². The molecule has 22 heavy (non-hydrogen) atoms. The summed E-state index contributed by atoms with van der Waals surface area (Å²) in [5.74, 6) is -3.41. The third-order valence-corrected chi connectivity index (χ3v) is 3.13. The van der Waals surface area contributed by atoms with Crippen molar-refractivity contribution in [3.8, 4) is 0 Å². The van der Waals surface area contributed by atoms with Gasteiger partial charge in [-0.1, -0.05) is 12.1 Å². The lowest BCUT2D eigenvalue weighted by Crippen LogP contribution is -2.27. The van der Waals surface area contributed by atoms with Gasteiger partial charge in [-0.3, -0.25) is 0 Å². The van der Waals surface area contributed by atoms with Crippen molar-refractivity contribution in [1.82, 2.24) is 4.90 Å². The molecule has 1 aromatic carbocycles. The molecular weight excluding hydrogens is 290 g/mol. The predicted molar refractivity (Wildman–Crippen MR) is 75.2 cm³/mol. The molecule has 0 unspecified atom stereocenters. The van der Waals surface area contributed by atoms with Crippen LogP contribution in [0.15, 0.2) is 47.7 Å². The molecule has 0 fully saturated rings. The molecule has 0 bridgehead atoms. The molecule has 1 aromatic rings.